The van der Waals surface area contributed by atoms with Gasteiger partial charge in [-0.05, 0) is 0 Å². The van der Waals surface area contributed by atoms with Crippen LogP contribution in [0.1, 0.15) is 61.1 Å². The average Bonchev–Trinajstić information content (AvgIpc) is 3.26. The quantitative estimate of drug-likeness (QED) is 0.183. The molecule has 1 unspecified atom stereocenters. The van der Waals surface area contributed by atoms with Crippen molar-refractivity contribution in [2.24, 2.45) is 0 Å². The van der Waals surface area contributed by atoms with Crippen molar-refractivity contribution in [3.8, 4) is 0 Å². The second-order valence-corrected chi connectivity index (χ2v) is 82.7. The van der Waals surface area contributed by atoms with Crippen molar-refractivity contribution in [2.45, 2.75) is 250 Å². The van der Waals surface area contributed by atoms with Crippen LogP contribution in [-0.2, 0) is 20.4 Å². The van der Waals surface area contributed by atoms with Gasteiger partial charge in [0.05, 0.1) is 0 Å². The van der Waals surface area contributed by atoms with Crippen molar-refractivity contribution < 1.29 is 57.7 Å². The molecule has 4 rings (SSSR count). The summed E-state index contributed by atoms with van der Waals surface area (Å²) < 4.78 is -0.143. The minimum absolute atomic E-state index is 0. The standard InChI is InChI=1S/C60H111Si10.3ClH.Ti/c1-38-39(2)41(4)48(40(38)3)70(52-45(8)42(5)49(61(11,12)13)55(64(20,21)22)58(52)67(29,30)31,53-46(9)43(6)50(62(14,15)16)56(65(23,24)25)59(53)68(32,33)34)54-47(10)44(7)51(63(17,18)19)57(66(26,27)28)60(54)69(35,36)37;;;;/h1-37H3;3*1H;/q;;;;+3/p-3. The fourth-order valence-corrected chi connectivity index (χ4v) is 59.7. The summed E-state index contributed by atoms with van der Waals surface area (Å²) in [6, 6.07) is 0. The van der Waals surface area contributed by atoms with Crippen molar-refractivity contribution in [2.75, 3.05) is 0 Å². The maximum absolute atomic E-state index is 3.49. The smallest absolute Gasteiger partial charge is 1.00 e. The van der Waals surface area contributed by atoms with E-state index in [0.29, 0.717) is 0 Å². The maximum Gasteiger partial charge on any atom is -1.00 e. The molecule has 0 radical (unpaired) electrons. The first-order chi connectivity index (χ1) is 31.0. The van der Waals surface area contributed by atoms with Crippen LogP contribution < -0.4 is 99.5 Å². The molecule has 74 heavy (non-hydrogen) atoms. The van der Waals surface area contributed by atoms with Crippen LogP contribution in [0.5, 0.6) is 0 Å². The third kappa shape index (κ3) is 12.3. The Bertz CT molecular complexity index is 2500. The first-order valence-electron chi connectivity index (χ1n) is 27.8. The Balaban J connectivity index is 0.00000913. The van der Waals surface area contributed by atoms with Gasteiger partial charge in [0.1, 0.15) is 0 Å². The van der Waals surface area contributed by atoms with Crippen molar-refractivity contribution in [3.05, 3.63) is 55.3 Å². The fourth-order valence-electron chi connectivity index (χ4n) is 14.5. The summed E-state index contributed by atoms with van der Waals surface area (Å²) in [5.41, 5.74) is 14.8. The summed E-state index contributed by atoms with van der Waals surface area (Å²) in [4.78, 5) is 0. The maximum atomic E-state index is 2.80. The van der Waals surface area contributed by atoms with Gasteiger partial charge < -0.3 is 37.2 Å². The van der Waals surface area contributed by atoms with E-state index in [1.807, 2.05) is 67.4 Å². The van der Waals surface area contributed by atoms with Gasteiger partial charge in [0.15, 0.2) is 0 Å². The van der Waals surface area contributed by atoms with Gasteiger partial charge in [-0.25, -0.2) is 0 Å². The molecule has 0 aliphatic heterocycles. The molecule has 0 saturated carbocycles. The van der Waals surface area contributed by atoms with Gasteiger partial charge in [0, 0.05) is 0 Å². The number of hydrogen-bond acceptors (Lipinski definition) is 0. The molecular formula is C60H111Cl3Si10Ti. The van der Waals surface area contributed by atoms with Crippen LogP contribution >= 0.6 is 0 Å². The Hall–Kier alpha value is 0.893. The third-order valence-electron chi connectivity index (χ3n) is 17.2. The Morgan fingerprint density at radius 1 is 0.243 bits per heavy atom. The van der Waals surface area contributed by atoms with Crippen LogP contribution in [0.25, 0.3) is 0 Å². The van der Waals surface area contributed by atoms with E-state index >= 15 is 0 Å². The minimum atomic E-state index is -3.49. The number of rotatable bonds is 13. The van der Waals surface area contributed by atoms with Gasteiger partial charge in [0.25, 0.3) is 0 Å². The van der Waals surface area contributed by atoms with E-state index in [1.165, 1.54) is 0 Å². The molecule has 3 aromatic carbocycles. The molecule has 0 bridgehead atoms. The Morgan fingerprint density at radius 2 is 0.392 bits per heavy atom. The normalized spacial score (nSPS) is 17.0. The van der Waals surface area contributed by atoms with Crippen LogP contribution in [0.4, 0.5) is 0 Å². The molecule has 0 N–H and O–H groups in total. The SMILES string of the molecule is CC1=C(C)[C](C)([Ti+3])C([Si](c2c(C)c(C)c([Si](C)(C)C)c([Si](C)(C)C)c2[Si](C)(C)C)(c2c(C)c(C)c([Si](C)(C)C)c([Si](C)(C)C)c2[Si](C)(C)C)c2c(C)c(C)c([Si](C)(C)C)c([Si](C)(C)C)c2[Si](C)(C)C)=C1C.[Cl-].[Cl-].[Cl-]. The topological polar surface area (TPSA) is 0 Å². The summed E-state index contributed by atoms with van der Waals surface area (Å²) in [5, 5.41) is 24.4. The molecule has 416 valence electrons. The van der Waals surface area contributed by atoms with E-state index in [0.717, 1.165) is 0 Å². The number of benzene rings is 3. The monoisotopic (exact) mass is 1260 g/mol. The number of halogens is 3. The summed E-state index contributed by atoms with van der Waals surface area (Å²) in [6.07, 6.45) is 0. The van der Waals surface area contributed by atoms with E-state index in [4.69, 9.17) is 0 Å². The molecular weight excluding hydrogens is 1160 g/mol. The van der Waals surface area contributed by atoms with E-state index < -0.39 is 80.7 Å². The Kier molecular flexibility index (Phi) is 21.9. The zero-order valence-corrected chi connectivity index (χ0v) is 69.0. The zero-order chi connectivity index (χ0) is 56.2. The molecule has 0 amide bonds. The first kappa shape index (κ1) is 72.9. The second kappa shape index (κ2) is 22.2. The van der Waals surface area contributed by atoms with Gasteiger partial charge >= 0.3 is 468 Å². The largest absolute Gasteiger partial charge is 1.00 e. The summed E-state index contributed by atoms with van der Waals surface area (Å²) in [7, 11) is -21.7. The van der Waals surface area contributed by atoms with Crippen LogP contribution in [0.15, 0.2) is 21.9 Å². The third-order valence-corrected chi connectivity index (χ3v) is 44.9. The Morgan fingerprint density at radius 3 is 0.527 bits per heavy atom. The van der Waals surface area contributed by atoms with E-state index in [2.05, 4.69) is 266 Å². The molecule has 1 aliphatic rings. The summed E-state index contributed by atoms with van der Waals surface area (Å²) in [6.45, 7) is 101. The molecule has 0 fully saturated rings. The molecule has 3 aromatic rings. The average molecular weight is 1270 g/mol. The predicted molar refractivity (Wildman–Crippen MR) is 359 cm³/mol. The van der Waals surface area contributed by atoms with Crippen LogP contribution in [-0.4, -0.2) is 80.7 Å². The van der Waals surface area contributed by atoms with Crippen molar-refractivity contribution >= 4 is 143 Å². The molecule has 0 heterocycles. The molecule has 1 aliphatic carbocycles. The fraction of sp³-hybridized carbons (Fsp3) is 0.633. The van der Waals surface area contributed by atoms with E-state index in [-0.39, 0.29) is 40.9 Å². The summed E-state index contributed by atoms with van der Waals surface area (Å²) >= 11 is 2.73. The number of allylic oxidation sites excluding steroid dienone is 4. The van der Waals surface area contributed by atoms with Gasteiger partial charge in [-0.2, -0.15) is 0 Å². The number of hydrogen-bond donors (Lipinski definition) is 0. The molecule has 0 aromatic heterocycles. The van der Waals surface area contributed by atoms with E-state index in [1.54, 1.807) is 50.1 Å². The van der Waals surface area contributed by atoms with Gasteiger partial charge in [-0.15, -0.1) is 0 Å². The van der Waals surface area contributed by atoms with Gasteiger partial charge in [-0.1, -0.05) is 0 Å². The Labute approximate surface area is 500 Å². The summed E-state index contributed by atoms with van der Waals surface area (Å²) in [5.74, 6) is 0. The van der Waals surface area contributed by atoms with Crippen LogP contribution in [0, 0.1) is 41.5 Å². The molecule has 1 atom stereocenters. The molecule has 0 saturated heterocycles. The van der Waals surface area contributed by atoms with Gasteiger partial charge in [-0.3, -0.25) is 0 Å². The van der Waals surface area contributed by atoms with Gasteiger partial charge in [0.2, 0.25) is 0 Å². The van der Waals surface area contributed by atoms with Crippen LogP contribution in [0.3, 0.4) is 0 Å². The molecule has 0 spiro atoms. The molecule has 0 nitrogen and oxygen atoms in total. The molecule has 14 heteroatoms. The zero-order valence-electron chi connectivity index (χ0n) is 55.1. The first-order valence-corrected chi connectivity index (χ1v) is 62.0. The second-order valence-electron chi connectivity index (χ2n) is 32.6. The predicted octanol–water partition coefficient (Wildman–Crippen LogP) is 2.86. The van der Waals surface area contributed by atoms with Crippen LogP contribution in [0.2, 0.25) is 180 Å². The van der Waals surface area contributed by atoms with E-state index in [9.17, 15) is 0 Å². The van der Waals surface area contributed by atoms with Crippen molar-refractivity contribution in [1.82, 2.24) is 0 Å². The minimum Gasteiger partial charge on any atom is -1.00 e. The van der Waals surface area contributed by atoms with Crippen molar-refractivity contribution in [3.63, 3.8) is 0 Å². The van der Waals surface area contributed by atoms with Crippen molar-refractivity contribution in [1.29, 1.82) is 0 Å².